The van der Waals surface area contributed by atoms with Crippen LogP contribution in [0.15, 0.2) is 41.0 Å². The first kappa shape index (κ1) is 18.8. The van der Waals surface area contributed by atoms with E-state index in [2.05, 4.69) is 30.0 Å². The van der Waals surface area contributed by atoms with Gasteiger partial charge in [0.1, 0.15) is 11.5 Å². The van der Waals surface area contributed by atoms with Gasteiger partial charge in [-0.05, 0) is 54.4 Å². The molecule has 0 radical (unpaired) electrons. The van der Waals surface area contributed by atoms with Crippen LogP contribution in [0.1, 0.15) is 36.7 Å². The molecule has 25 heavy (non-hydrogen) atoms. The summed E-state index contributed by atoms with van der Waals surface area (Å²) in [5.41, 5.74) is 7.28. The number of carbonyl (C=O) groups excluding carboxylic acids is 1. The molecule has 0 aliphatic heterocycles. The fraction of sp³-hybridized carbons (Fsp3) is 0.333. The number of ether oxygens (including phenoxy) is 1. The summed E-state index contributed by atoms with van der Waals surface area (Å²) in [6, 6.07) is 9.62. The molecule has 1 aromatic carbocycles. The van der Waals surface area contributed by atoms with E-state index < -0.39 is 0 Å². The van der Waals surface area contributed by atoms with Crippen molar-refractivity contribution in [2.24, 2.45) is 0 Å². The number of rotatable bonds is 6. The summed E-state index contributed by atoms with van der Waals surface area (Å²) >= 11 is 5.08. The molecule has 0 unspecified atom stereocenters. The maximum absolute atomic E-state index is 11.9. The number of benzene rings is 1. The SMILES string of the molecule is Cc1ccc(C(C)C)c(OCC(=O)NNC(=S)NCc2ccco2)c1. The molecule has 2 aromatic rings. The van der Waals surface area contributed by atoms with Crippen LogP contribution in [0, 0.1) is 6.92 Å². The Bertz CT molecular complexity index is 714. The Morgan fingerprint density at radius 3 is 2.76 bits per heavy atom. The number of carbonyl (C=O) groups is 1. The predicted molar refractivity (Wildman–Crippen MR) is 100 cm³/mol. The van der Waals surface area contributed by atoms with Crippen LogP contribution < -0.4 is 20.9 Å². The van der Waals surface area contributed by atoms with Gasteiger partial charge in [-0.3, -0.25) is 15.6 Å². The fourth-order valence-corrected chi connectivity index (χ4v) is 2.30. The van der Waals surface area contributed by atoms with Crippen molar-refractivity contribution >= 4 is 23.2 Å². The van der Waals surface area contributed by atoms with Gasteiger partial charge in [-0.15, -0.1) is 0 Å². The van der Waals surface area contributed by atoms with Crippen LogP contribution in [-0.4, -0.2) is 17.6 Å². The second kappa shape index (κ2) is 9.08. The number of aryl methyl sites for hydroxylation is 1. The lowest BCUT2D eigenvalue weighted by Crippen LogP contribution is -2.48. The molecule has 0 saturated carbocycles. The summed E-state index contributed by atoms with van der Waals surface area (Å²) < 4.78 is 10.8. The standard InChI is InChI=1S/C18H23N3O3S/c1-12(2)15-7-6-13(3)9-16(15)24-11-17(22)20-21-18(25)19-10-14-5-4-8-23-14/h4-9,12H,10-11H2,1-3H3,(H,20,22)(H2,19,21,25). The van der Waals surface area contributed by atoms with Gasteiger partial charge in [-0.25, -0.2) is 0 Å². The van der Waals surface area contributed by atoms with E-state index in [0.717, 1.165) is 22.6 Å². The molecule has 1 aromatic heterocycles. The lowest BCUT2D eigenvalue weighted by atomic mass is 10.0. The van der Waals surface area contributed by atoms with Crippen molar-refractivity contribution in [2.45, 2.75) is 33.2 Å². The summed E-state index contributed by atoms with van der Waals surface area (Å²) in [5, 5.41) is 3.21. The second-order valence-corrected chi connectivity index (χ2v) is 6.33. The van der Waals surface area contributed by atoms with Gasteiger partial charge in [0.15, 0.2) is 11.7 Å². The van der Waals surface area contributed by atoms with Crippen molar-refractivity contribution in [2.75, 3.05) is 6.61 Å². The lowest BCUT2D eigenvalue weighted by molar-refractivity contribution is -0.123. The molecule has 0 fully saturated rings. The highest BCUT2D eigenvalue weighted by Crippen LogP contribution is 2.27. The largest absolute Gasteiger partial charge is 0.483 e. The average molecular weight is 361 g/mol. The molecule has 134 valence electrons. The zero-order valence-corrected chi connectivity index (χ0v) is 15.4. The van der Waals surface area contributed by atoms with Crippen molar-refractivity contribution < 1.29 is 13.9 Å². The van der Waals surface area contributed by atoms with E-state index in [1.165, 1.54) is 0 Å². The highest BCUT2D eigenvalue weighted by Gasteiger charge is 2.10. The first-order valence-corrected chi connectivity index (χ1v) is 8.45. The number of hydrogen-bond donors (Lipinski definition) is 3. The zero-order chi connectivity index (χ0) is 18.2. The third-order valence-corrected chi connectivity index (χ3v) is 3.71. The maximum atomic E-state index is 11.9. The smallest absolute Gasteiger partial charge is 0.276 e. The minimum atomic E-state index is -0.321. The summed E-state index contributed by atoms with van der Waals surface area (Å²) in [5.74, 6) is 1.47. The number of nitrogens with one attached hydrogen (secondary N) is 3. The zero-order valence-electron chi connectivity index (χ0n) is 14.6. The van der Waals surface area contributed by atoms with E-state index in [0.29, 0.717) is 17.6 Å². The Morgan fingerprint density at radius 1 is 1.28 bits per heavy atom. The topological polar surface area (TPSA) is 75.5 Å². The van der Waals surface area contributed by atoms with Crippen LogP contribution >= 0.6 is 12.2 Å². The molecular weight excluding hydrogens is 338 g/mol. The van der Waals surface area contributed by atoms with Gasteiger partial charge >= 0.3 is 0 Å². The number of amides is 1. The number of hydrazine groups is 1. The van der Waals surface area contributed by atoms with Crippen LogP contribution in [0.5, 0.6) is 5.75 Å². The normalized spacial score (nSPS) is 10.4. The van der Waals surface area contributed by atoms with Gasteiger partial charge in [0.25, 0.3) is 5.91 Å². The Morgan fingerprint density at radius 2 is 2.08 bits per heavy atom. The maximum Gasteiger partial charge on any atom is 0.276 e. The Balaban J connectivity index is 1.75. The van der Waals surface area contributed by atoms with E-state index >= 15 is 0 Å². The monoisotopic (exact) mass is 361 g/mol. The van der Waals surface area contributed by atoms with Gasteiger partial charge < -0.3 is 14.5 Å². The molecule has 1 heterocycles. The highest BCUT2D eigenvalue weighted by molar-refractivity contribution is 7.80. The predicted octanol–water partition coefficient (Wildman–Crippen LogP) is 2.79. The van der Waals surface area contributed by atoms with Crippen LogP contribution in [0.4, 0.5) is 0 Å². The van der Waals surface area contributed by atoms with Crippen molar-refractivity contribution in [3.05, 3.63) is 53.5 Å². The summed E-state index contributed by atoms with van der Waals surface area (Å²) in [7, 11) is 0. The number of thiocarbonyl (C=S) groups is 1. The average Bonchev–Trinajstić information content (AvgIpc) is 3.09. The van der Waals surface area contributed by atoms with Crippen molar-refractivity contribution in [1.29, 1.82) is 0 Å². The molecule has 7 heteroatoms. The Labute approximate surface area is 152 Å². The molecule has 0 saturated heterocycles. The van der Waals surface area contributed by atoms with Crippen LogP contribution in [0.2, 0.25) is 0 Å². The molecule has 0 aliphatic rings. The Hall–Kier alpha value is -2.54. The van der Waals surface area contributed by atoms with Gasteiger partial charge in [0.2, 0.25) is 0 Å². The molecule has 0 aliphatic carbocycles. The summed E-state index contributed by atoms with van der Waals surface area (Å²) in [6.07, 6.45) is 1.59. The van der Waals surface area contributed by atoms with E-state index in [9.17, 15) is 4.79 Å². The van der Waals surface area contributed by atoms with Crippen LogP contribution in [0.25, 0.3) is 0 Å². The van der Waals surface area contributed by atoms with E-state index in [-0.39, 0.29) is 12.5 Å². The molecule has 0 spiro atoms. The summed E-state index contributed by atoms with van der Waals surface area (Å²) in [4.78, 5) is 11.9. The molecule has 3 N–H and O–H groups in total. The van der Waals surface area contributed by atoms with Crippen molar-refractivity contribution in [3.8, 4) is 5.75 Å². The third-order valence-electron chi connectivity index (χ3n) is 3.47. The molecule has 0 atom stereocenters. The molecule has 0 bridgehead atoms. The van der Waals surface area contributed by atoms with Gasteiger partial charge in [-0.1, -0.05) is 26.0 Å². The Kier molecular flexibility index (Phi) is 6.82. The second-order valence-electron chi connectivity index (χ2n) is 5.92. The van der Waals surface area contributed by atoms with Gasteiger partial charge in [-0.2, -0.15) is 0 Å². The first-order valence-electron chi connectivity index (χ1n) is 8.04. The minimum Gasteiger partial charge on any atom is -0.483 e. The lowest BCUT2D eigenvalue weighted by Gasteiger charge is -2.15. The minimum absolute atomic E-state index is 0.100. The van der Waals surface area contributed by atoms with E-state index in [1.807, 2.05) is 31.2 Å². The number of hydrogen-bond acceptors (Lipinski definition) is 4. The molecule has 6 nitrogen and oxygen atoms in total. The van der Waals surface area contributed by atoms with E-state index in [1.54, 1.807) is 12.3 Å². The van der Waals surface area contributed by atoms with Crippen LogP contribution in [-0.2, 0) is 11.3 Å². The molecule has 2 rings (SSSR count). The van der Waals surface area contributed by atoms with Crippen LogP contribution in [0.3, 0.4) is 0 Å². The quantitative estimate of drug-likeness (QED) is 0.543. The first-order chi connectivity index (χ1) is 12.0. The van der Waals surface area contributed by atoms with Gasteiger partial charge in [0.05, 0.1) is 12.8 Å². The molecular formula is C18H23N3O3S. The summed E-state index contributed by atoms with van der Waals surface area (Å²) in [6.45, 7) is 6.50. The van der Waals surface area contributed by atoms with Crippen molar-refractivity contribution in [1.82, 2.24) is 16.2 Å². The fourth-order valence-electron chi connectivity index (χ4n) is 2.17. The van der Waals surface area contributed by atoms with E-state index in [4.69, 9.17) is 21.4 Å². The third kappa shape index (κ3) is 6.11. The molecule has 1 amide bonds. The highest BCUT2D eigenvalue weighted by atomic mass is 32.1. The van der Waals surface area contributed by atoms with Crippen molar-refractivity contribution in [3.63, 3.8) is 0 Å². The van der Waals surface area contributed by atoms with Gasteiger partial charge in [0, 0.05) is 0 Å². The number of furan rings is 1.